The molecule has 1 aliphatic rings. The molecule has 0 bridgehead atoms. The van der Waals surface area contributed by atoms with Gasteiger partial charge >= 0.3 is 0 Å². The predicted molar refractivity (Wildman–Crippen MR) is 103 cm³/mol. The second-order valence-corrected chi connectivity index (χ2v) is 6.72. The van der Waals surface area contributed by atoms with Crippen LogP contribution in [-0.2, 0) is 6.42 Å². The summed E-state index contributed by atoms with van der Waals surface area (Å²) in [7, 11) is 0. The summed E-state index contributed by atoms with van der Waals surface area (Å²) in [5.74, 6) is 2.98. The van der Waals surface area contributed by atoms with Crippen molar-refractivity contribution in [3.63, 3.8) is 0 Å². The smallest absolute Gasteiger partial charge is 0.194 e. The van der Waals surface area contributed by atoms with E-state index in [1.165, 1.54) is 0 Å². The molecule has 0 radical (unpaired) electrons. The number of aromatic amines is 1. The van der Waals surface area contributed by atoms with Crippen molar-refractivity contribution in [3.05, 3.63) is 84.1 Å². The molecule has 5 rings (SSSR count). The summed E-state index contributed by atoms with van der Waals surface area (Å²) >= 11 is 0. The van der Waals surface area contributed by atoms with E-state index in [4.69, 9.17) is 4.74 Å². The first-order chi connectivity index (χ1) is 14.3. The first kappa shape index (κ1) is 17.5. The number of H-pyrrole nitrogens is 1. The van der Waals surface area contributed by atoms with Gasteiger partial charge in [-0.25, -0.2) is 15.0 Å². The predicted octanol–water partition coefficient (Wildman–Crippen LogP) is 1.69. The zero-order valence-electron chi connectivity index (χ0n) is 15.4. The summed E-state index contributed by atoms with van der Waals surface area (Å²) in [6.45, 7) is 0.286. The minimum Gasteiger partial charge on any atom is -0.488 e. The molecule has 0 saturated carbocycles. The van der Waals surface area contributed by atoms with E-state index in [1.807, 2.05) is 53.2 Å². The summed E-state index contributed by atoms with van der Waals surface area (Å²) in [5.41, 5.74) is 1.11. The van der Waals surface area contributed by atoms with Crippen molar-refractivity contribution in [2.75, 3.05) is 6.61 Å². The molecule has 2 atom stereocenters. The molecule has 0 amide bonds. The molecule has 9 nitrogen and oxygen atoms in total. The van der Waals surface area contributed by atoms with E-state index in [2.05, 4.69) is 30.5 Å². The van der Waals surface area contributed by atoms with Crippen molar-refractivity contribution in [2.45, 2.75) is 18.7 Å². The third-order valence-electron chi connectivity index (χ3n) is 4.73. The van der Waals surface area contributed by atoms with Crippen molar-refractivity contribution in [2.24, 2.45) is 0 Å². The molecular weight excluding hydrogens is 370 g/mol. The van der Waals surface area contributed by atoms with E-state index in [0.29, 0.717) is 29.6 Å². The lowest BCUT2D eigenvalue weighted by molar-refractivity contribution is 0.0996. The molecule has 1 aliphatic heterocycles. The Balaban J connectivity index is 1.33. The molecule has 4 aromatic rings. The number of benzene rings is 1. The van der Waals surface area contributed by atoms with Crippen LogP contribution in [-0.4, -0.2) is 41.4 Å². The number of rotatable bonds is 5. The molecule has 29 heavy (non-hydrogen) atoms. The second-order valence-electron chi connectivity index (χ2n) is 6.72. The minimum atomic E-state index is -1.08. The third kappa shape index (κ3) is 3.48. The lowest BCUT2D eigenvalue weighted by atomic mass is 10.1. The van der Waals surface area contributed by atoms with E-state index in [-0.39, 0.29) is 18.5 Å². The Bertz CT molecular complexity index is 1110. The third-order valence-corrected chi connectivity index (χ3v) is 4.73. The van der Waals surface area contributed by atoms with Crippen molar-refractivity contribution < 1.29 is 9.84 Å². The summed E-state index contributed by atoms with van der Waals surface area (Å²) in [6, 6.07) is 13.3. The maximum atomic E-state index is 10.7. The van der Waals surface area contributed by atoms with Gasteiger partial charge in [-0.1, -0.05) is 30.3 Å². The number of aliphatic hydroxyl groups excluding tert-OH is 1. The molecule has 146 valence electrons. The average molecular weight is 389 g/mol. The number of fused-ring (bicyclic) bond motifs is 3. The molecule has 0 aliphatic carbocycles. The van der Waals surface area contributed by atoms with Crippen LogP contribution < -0.4 is 10.1 Å². The van der Waals surface area contributed by atoms with E-state index < -0.39 is 6.23 Å². The molecule has 0 fully saturated rings. The van der Waals surface area contributed by atoms with Crippen molar-refractivity contribution >= 4 is 0 Å². The van der Waals surface area contributed by atoms with Crippen molar-refractivity contribution in [1.82, 2.24) is 35.0 Å². The number of nitrogens with zero attached hydrogens (tertiary/aromatic N) is 5. The number of aliphatic hydroxyl groups is 1. The molecular formula is C20H19N7O2. The van der Waals surface area contributed by atoms with E-state index in [9.17, 15) is 5.11 Å². The van der Waals surface area contributed by atoms with Crippen LogP contribution in [0.4, 0.5) is 0 Å². The normalized spacial score (nSPS) is 16.4. The van der Waals surface area contributed by atoms with Gasteiger partial charge in [0, 0.05) is 25.0 Å². The van der Waals surface area contributed by atoms with Crippen LogP contribution in [0.1, 0.15) is 35.3 Å². The lowest BCUT2D eigenvalue weighted by Crippen LogP contribution is -2.32. The summed E-state index contributed by atoms with van der Waals surface area (Å²) in [6.07, 6.45) is 4.75. The Kier molecular flexibility index (Phi) is 4.51. The van der Waals surface area contributed by atoms with Crippen LogP contribution in [0.25, 0.3) is 5.82 Å². The quantitative estimate of drug-likeness (QED) is 0.445. The van der Waals surface area contributed by atoms with Crippen LogP contribution >= 0.6 is 0 Å². The fourth-order valence-electron chi connectivity index (χ4n) is 3.36. The summed E-state index contributed by atoms with van der Waals surface area (Å²) in [4.78, 5) is 13.2. The van der Waals surface area contributed by atoms with Crippen LogP contribution in [0.15, 0.2) is 61.1 Å². The van der Waals surface area contributed by atoms with Gasteiger partial charge in [0.05, 0.1) is 0 Å². The van der Waals surface area contributed by atoms with Gasteiger partial charge in [-0.15, -0.1) is 0 Å². The van der Waals surface area contributed by atoms with Gasteiger partial charge in [0.25, 0.3) is 0 Å². The highest BCUT2D eigenvalue weighted by Gasteiger charge is 2.28. The zero-order chi connectivity index (χ0) is 19.6. The van der Waals surface area contributed by atoms with Gasteiger partial charge in [-0.05, 0) is 17.7 Å². The number of imidazole rings is 1. The maximum Gasteiger partial charge on any atom is 0.194 e. The fourth-order valence-corrected chi connectivity index (χ4v) is 3.36. The first-order valence-corrected chi connectivity index (χ1v) is 9.28. The molecule has 0 saturated heterocycles. The van der Waals surface area contributed by atoms with Gasteiger partial charge in [-0.3, -0.25) is 15.0 Å². The molecule has 0 spiro atoms. The molecule has 1 aromatic carbocycles. The van der Waals surface area contributed by atoms with Crippen LogP contribution in [0.2, 0.25) is 0 Å². The zero-order valence-corrected chi connectivity index (χ0v) is 15.4. The Morgan fingerprint density at radius 3 is 2.97 bits per heavy atom. The highest BCUT2D eigenvalue weighted by molar-refractivity contribution is 5.42. The molecule has 4 heterocycles. The molecule has 1 unspecified atom stereocenters. The highest BCUT2D eigenvalue weighted by Crippen LogP contribution is 2.29. The van der Waals surface area contributed by atoms with E-state index in [1.54, 1.807) is 12.4 Å². The van der Waals surface area contributed by atoms with Crippen LogP contribution in [0, 0.1) is 0 Å². The Morgan fingerprint density at radius 2 is 2.07 bits per heavy atom. The van der Waals surface area contributed by atoms with Gasteiger partial charge in [0.2, 0.25) is 0 Å². The minimum absolute atomic E-state index is 0.272. The topological polar surface area (TPSA) is 114 Å². The Labute approximate surface area is 166 Å². The second kappa shape index (κ2) is 7.46. The average Bonchev–Trinajstić information content (AvgIpc) is 3.39. The summed E-state index contributed by atoms with van der Waals surface area (Å²) in [5, 5.41) is 20.8. The number of pyridine rings is 1. The standard InChI is InChI=1S/C20H19N7O2/c28-20(17-24-16(25-26-17)11-13-5-2-1-3-6-13)23-14-12-29-15-7-4-8-21-19(15)27-10-9-22-18(14)27/h1-10,14,20,23,28H,11-12H2,(H,24,25,26)/t14-,20?/m0/s1. The Hall–Kier alpha value is -3.56. The summed E-state index contributed by atoms with van der Waals surface area (Å²) < 4.78 is 7.73. The van der Waals surface area contributed by atoms with E-state index >= 15 is 0 Å². The number of hydrogen-bond donors (Lipinski definition) is 3. The number of aromatic nitrogens is 6. The lowest BCUT2D eigenvalue weighted by Gasteiger charge is -2.18. The Morgan fingerprint density at radius 1 is 1.17 bits per heavy atom. The van der Waals surface area contributed by atoms with Gasteiger partial charge < -0.3 is 9.84 Å². The first-order valence-electron chi connectivity index (χ1n) is 9.28. The maximum absolute atomic E-state index is 10.7. The molecule has 3 aromatic heterocycles. The fraction of sp³-hybridized carbons (Fsp3) is 0.200. The van der Waals surface area contributed by atoms with Crippen LogP contribution in [0.3, 0.4) is 0 Å². The largest absolute Gasteiger partial charge is 0.488 e. The van der Waals surface area contributed by atoms with Crippen LogP contribution in [0.5, 0.6) is 5.75 Å². The number of ether oxygens (including phenoxy) is 1. The van der Waals surface area contributed by atoms with Gasteiger partial charge in [0.15, 0.2) is 23.6 Å². The monoisotopic (exact) mass is 389 g/mol. The van der Waals surface area contributed by atoms with Gasteiger partial charge in [-0.2, -0.15) is 5.10 Å². The highest BCUT2D eigenvalue weighted by atomic mass is 16.5. The number of nitrogens with one attached hydrogen (secondary N) is 2. The SMILES string of the molecule is OC(N[C@H]1COc2cccnc2-n2ccnc21)c1n[nH]c(Cc2ccccc2)n1. The molecule has 3 N–H and O–H groups in total. The van der Waals surface area contributed by atoms with Crippen molar-refractivity contribution in [1.29, 1.82) is 0 Å². The molecule has 9 heteroatoms. The van der Waals surface area contributed by atoms with Gasteiger partial charge in [0.1, 0.15) is 24.3 Å². The number of hydrogen-bond acceptors (Lipinski definition) is 7. The van der Waals surface area contributed by atoms with E-state index in [0.717, 1.165) is 5.56 Å². The van der Waals surface area contributed by atoms with Crippen molar-refractivity contribution in [3.8, 4) is 11.6 Å².